The highest BCUT2D eigenvalue weighted by Gasteiger charge is 2.24. The summed E-state index contributed by atoms with van der Waals surface area (Å²) >= 11 is 6.18. The Balaban J connectivity index is 1.45. The second kappa shape index (κ2) is 10.1. The minimum atomic E-state index is -0.0769. The van der Waals surface area contributed by atoms with Crippen molar-refractivity contribution in [2.24, 2.45) is 0 Å². The van der Waals surface area contributed by atoms with Crippen LogP contribution in [0.3, 0.4) is 0 Å². The maximum Gasteiger partial charge on any atom is 0.260 e. The fourth-order valence-electron chi connectivity index (χ4n) is 3.68. The molecule has 1 fully saturated rings. The van der Waals surface area contributed by atoms with Crippen molar-refractivity contribution in [3.63, 3.8) is 0 Å². The van der Waals surface area contributed by atoms with E-state index >= 15 is 0 Å². The molecular weight excluding hydrogens is 414 g/mol. The lowest BCUT2D eigenvalue weighted by atomic mass is 10.0. The van der Waals surface area contributed by atoms with Crippen molar-refractivity contribution in [2.45, 2.75) is 32.7 Å². The number of anilines is 1. The molecule has 7 heteroatoms. The summed E-state index contributed by atoms with van der Waals surface area (Å²) in [6, 6.07) is 11.3. The second-order valence-electron chi connectivity index (χ2n) is 8.23. The molecule has 0 aromatic heterocycles. The first-order valence-electron chi connectivity index (χ1n) is 10.5. The first kappa shape index (κ1) is 22.9. The van der Waals surface area contributed by atoms with Crippen LogP contribution >= 0.6 is 11.6 Å². The fraction of sp³-hybridized carbons (Fsp3) is 0.417. The zero-order valence-corrected chi connectivity index (χ0v) is 19.3. The van der Waals surface area contributed by atoms with Crippen LogP contribution in [0.2, 0.25) is 5.02 Å². The fourth-order valence-corrected chi connectivity index (χ4v) is 3.79. The van der Waals surface area contributed by atoms with Gasteiger partial charge in [0, 0.05) is 49.5 Å². The number of amides is 2. The van der Waals surface area contributed by atoms with Gasteiger partial charge in [0.25, 0.3) is 11.8 Å². The van der Waals surface area contributed by atoms with Gasteiger partial charge in [0.2, 0.25) is 0 Å². The van der Waals surface area contributed by atoms with Gasteiger partial charge in [0.05, 0.1) is 0 Å². The van der Waals surface area contributed by atoms with Crippen LogP contribution in [-0.2, 0) is 4.79 Å². The Hall–Kier alpha value is -2.73. The van der Waals surface area contributed by atoms with E-state index < -0.39 is 0 Å². The minimum absolute atomic E-state index is 0.00420. The molecule has 0 bridgehead atoms. The summed E-state index contributed by atoms with van der Waals surface area (Å²) in [6.45, 7) is 5.03. The van der Waals surface area contributed by atoms with Crippen LogP contribution in [0.5, 0.6) is 5.75 Å². The van der Waals surface area contributed by atoms with Crippen molar-refractivity contribution in [3.05, 3.63) is 58.1 Å². The SMILES string of the molecule is Cc1cc(OCC(=O)N2CCC(NC(=O)c3ccc(N(C)C)cc3)CC2)cc(C)c1Cl. The molecule has 0 spiro atoms. The Morgan fingerprint density at radius 3 is 2.23 bits per heavy atom. The third-order valence-electron chi connectivity index (χ3n) is 5.60. The lowest BCUT2D eigenvalue weighted by Gasteiger charge is -2.32. The number of carbonyl (C=O) groups is 2. The topological polar surface area (TPSA) is 61.9 Å². The standard InChI is InChI=1S/C24H30ClN3O3/c1-16-13-21(14-17(2)23(16)25)31-15-22(29)28-11-9-19(10-12-28)26-24(30)18-5-7-20(8-6-18)27(3)4/h5-8,13-14,19H,9-12,15H2,1-4H3,(H,26,30). The quantitative estimate of drug-likeness (QED) is 0.737. The van der Waals surface area contributed by atoms with E-state index in [4.69, 9.17) is 16.3 Å². The lowest BCUT2D eigenvalue weighted by Crippen LogP contribution is -2.47. The largest absolute Gasteiger partial charge is 0.484 e. The van der Waals surface area contributed by atoms with E-state index in [-0.39, 0.29) is 24.5 Å². The van der Waals surface area contributed by atoms with Crippen molar-refractivity contribution in [1.82, 2.24) is 10.2 Å². The van der Waals surface area contributed by atoms with E-state index in [0.29, 0.717) is 24.4 Å². The maximum absolute atomic E-state index is 12.5. The van der Waals surface area contributed by atoms with E-state index in [9.17, 15) is 9.59 Å². The molecule has 0 unspecified atom stereocenters. The van der Waals surface area contributed by atoms with Gasteiger partial charge in [0.1, 0.15) is 5.75 Å². The van der Waals surface area contributed by atoms with Crippen molar-refractivity contribution in [1.29, 1.82) is 0 Å². The van der Waals surface area contributed by atoms with Gasteiger partial charge < -0.3 is 19.9 Å². The molecule has 0 saturated carbocycles. The number of rotatable bonds is 6. The normalized spacial score (nSPS) is 14.3. The Morgan fingerprint density at radius 2 is 1.68 bits per heavy atom. The van der Waals surface area contributed by atoms with E-state index in [1.807, 2.05) is 69.2 Å². The van der Waals surface area contributed by atoms with Crippen LogP contribution < -0.4 is 15.0 Å². The molecule has 3 rings (SSSR count). The molecule has 2 amide bonds. The van der Waals surface area contributed by atoms with Gasteiger partial charge in [-0.25, -0.2) is 0 Å². The predicted octanol–water partition coefficient (Wildman–Crippen LogP) is 3.82. The average molecular weight is 444 g/mol. The number of aryl methyl sites for hydroxylation is 2. The summed E-state index contributed by atoms with van der Waals surface area (Å²) in [5.74, 6) is 0.524. The number of carbonyl (C=O) groups excluding carboxylic acids is 2. The van der Waals surface area contributed by atoms with E-state index in [0.717, 1.165) is 34.7 Å². The van der Waals surface area contributed by atoms with Gasteiger partial charge in [-0.2, -0.15) is 0 Å². The molecule has 0 atom stereocenters. The Morgan fingerprint density at radius 1 is 1.10 bits per heavy atom. The van der Waals surface area contributed by atoms with Crippen LogP contribution in [0.15, 0.2) is 36.4 Å². The molecular formula is C24H30ClN3O3. The van der Waals surface area contributed by atoms with E-state index in [2.05, 4.69) is 5.32 Å². The number of hydrogen-bond donors (Lipinski definition) is 1. The third kappa shape index (κ3) is 5.91. The van der Waals surface area contributed by atoms with E-state index in [1.54, 1.807) is 4.90 Å². The highest BCUT2D eigenvalue weighted by Crippen LogP contribution is 2.26. The number of hydrogen-bond acceptors (Lipinski definition) is 4. The summed E-state index contributed by atoms with van der Waals surface area (Å²) in [5.41, 5.74) is 3.55. The van der Waals surface area contributed by atoms with Gasteiger partial charge in [-0.3, -0.25) is 9.59 Å². The van der Waals surface area contributed by atoms with E-state index in [1.165, 1.54) is 0 Å². The monoisotopic (exact) mass is 443 g/mol. The van der Waals surface area contributed by atoms with Gasteiger partial charge >= 0.3 is 0 Å². The second-order valence-corrected chi connectivity index (χ2v) is 8.61. The Bertz CT molecular complexity index is 913. The van der Waals surface area contributed by atoms with Gasteiger partial charge in [0.15, 0.2) is 6.61 Å². The number of nitrogens with zero attached hydrogens (tertiary/aromatic N) is 2. The van der Waals surface area contributed by atoms with Crippen LogP contribution in [-0.4, -0.2) is 56.5 Å². The van der Waals surface area contributed by atoms with Crippen LogP contribution in [0, 0.1) is 13.8 Å². The molecule has 0 aliphatic carbocycles. The van der Waals surface area contributed by atoms with Crippen molar-refractivity contribution >= 4 is 29.1 Å². The molecule has 1 saturated heterocycles. The molecule has 31 heavy (non-hydrogen) atoms. The zero-order valence-electron chi connectivity index (χ0n) is 18.6. The van der Waals surface area contributed by atoms with Gasteiger partial charge in [-0.15, -0.1) is 0 Å². The smallest absolute Gasteiger partial charge is 0.260 e. The minimum Gasteiger partial charge on any atom is -0.484 e. The molecule has 1 heterocycles. The number of piperidine rings is 1. The van der Waals surface area contributed by atoms with Crippen LogP contribution in [0.4, 0.5) is 5.69 Å². The molecule has 6 nitrogen and oxygen atoms in total. The first-order chi connectivity index (χ1) is 14.7. The van der Waals surface area contributed by atoms with Crippen LogP contribution in [0.1, 0.15) is 34.3 Å². The van der Waals surface area contributed by atoms with Gasteiger partial charge in [-0.05, 0) is 74.2 Å². The molecule has 1 aliphatic heterocycles. The Labute approximate surface area is 189 Å². The summed E-state index contributed by atoms with van der Waals surface area (Å²) in [5, 5.41) is 3.80. The average Bonchev–Trinajstić information content (AvgIpc) is 2.76. The summed E-state index contributed by atoms with van der Waals surface area (Å²) < 4.78 is 5.69. The summed E-state index contributed by atoms with van der Waals surface area (Å²) in [7, 11) is 3.93. The first-order valence-corrected chi connectivity index (χ1v) is 10.9. The van der Waals surface area contributed by atoms with Crippen molar-refractivity contribution < 1.29 is 14.3 Å². The number of ether oxygens (including phenoxy) is 1. The third-order valence-corrected chi connectivity index (χ3v) is 6.20. The zero-order chi connectivity index (χ0) is 22.5. The Kier molecular flexibility index (Phi) is 7.44. The number of halogens is 1. The maximum atomic E-state index is 12.5. The molecule has 1 aliphatic rings. The molecule has 2 aromatic carbocycles. The highest BCUT2D eigenvalue weighted by molar-refractivity contribution is 6.32. The number of likely N-dealkylation sites (tertiary alicyclic amines) is 1. The predicted molar refractivity (Wildman–Crippen MR) is 124 cm³/mol. The van der Waals surface area contributed by atoms with Crippen LogP contribution in [0.25, 0.3) is 0 Å². The highest BCUT2D eigenvalue weighted by atomic mass is 35.5. The van der Waals surface area contributed by atoms with Crippen molar-refractivity contribution in [2.75, 3.05) is 38.7 Å². The van der Waals surface area contributed by atoms with Crippen molar-refractivity contribution in [3.8, 4) is 5.75 Å². The summed E-state index contributed by atoms with van der Waals surface area (Å²) in [6.07, 6.45) is 1.46. The molecule has 2 aromatic rings. The van der Waals surface area contributed by atoms with Gasteiger partial charge in [-0.1, -0.05) is 11.6 Å². The number of benzene rings is 2. The summed E-state index contributed by atoms with van der Waals surface area (Å²) in [4.78, 5) is 28.8. The molecule has 1 N–H and O–H groups in total. The lowest BCUT2D eigenvalue weighted by molar-refractivity contribution is -0.134. The number of nitrogens with one attached hydrogen (secondary N) is 1. The molecule has 166 valence electrons. The molecule has 0 radical (unpaired) electrons.